The Morgan fingerprint density at radius 1 is 1.03 bits per heavy atom. The number of nitrogens with zero attached hydrogens (tertiary/aromatic N) is 4. The molecule has 1 aromatic heterocycles. The Kier molecular flexibility index (Phi) is 6.95. The van der Waals surface area contributed by atoms with E-state index in [-0.39, 0.29) is 11.8 Å². The van der Waals surface area contributed by atoms with Gasteiger partial charge in [0.25, 0.3) is 0 Å². The largest absolute Gasteiger partial charge is 0.341 e. The third-order valence-corrected chi connectivity index (χ3v) is 8.04. The fraction of sp³-hybridized carbons (Fsp3) is 0.360. The number of aromatic nitrogens is 2. The number of hydrogen-bond acceptors (Lipinski definition) is 4. The van der Waals surface area contributed by atoms with Gasteiger partial charge in [0, 0.05) is 44.4 Å². The van der Waals surface area contributed by atoms with Crippen molar-refractivity contribution in [2.75, 3.05) is 20.1 Å². The second kappa shape index (κ2) is 9.89. The lowest BCUT2D eigenvalue weighted by Crippen LogP contribution is -2.43. The van der Waals surface area contributed by atoms with E-state index in [2.05, 4.69) is 17.2 Å². The first-order valence-electron chi connectivity index (χ1n) is 11.2. The van der Waals surface area contributed by atoms with Crippen LogP contribution in [0.2, 0.25) is 0 Å². The molecule has 1 fully saturated rings. The summed E-state index contributed by atoms with van der Waals surface area (Å²) in [5, 5.41) is 4.41. The summed E-state index contributed by atoms with van der Waals surface area (Å²) in [6, 6.07) is 17.0. The van der Waals surface area contributed by atoms with Gasteiger partial charge in [0.1, 0.15) is 0 Å². The van der Waals surface area contributed by atoms with E-state index in [9.17, 15) is 13.2 Å². The molecule has 1 aliphatic rings. The van der Waals surface area contributed by atoms with Crippen molar-refractivity contribution < 1.29 is 13.2 Å². The summed E-state index contributed by atoms with van der Waals surface area (Å²) in [6.45, 7) is 3.81. The number of hydrogen-bond donors (Lipinski definition) is 0. The Balaban J connectivity index is 1.31. The van der Waals surface area contributed by atoms with Crippen LogP contribution in [0.5, 0.6) is 0 Å². The number of sulfonamides is 1. The first-order valence-corrected chi connectivity index (χ1v) is 12.6. The number of benzene rings is 2. The lowest BCUT2D eigenvalue weighted by atomic mass is 9.96. The van der Waals surface area contributed by atoms with Crippen LogP contribution in [-0.4, -0.2) is 53.4 Å². The molecule has 0 aliphatic carbocycles. The van der Waals surface area contributed by atoms with E-state index in [1.807, 2.05) is 36.0 Å². The minimum absolute atomic E-state index is 0.0539. The van der Waals surface area contributed by atoms with E-state index in [4.69, 9.17) is 0 Å². The van der Waals surface area contributed by atoms with Crippen LogP contribution in [0.25, 0.3) is 0 Å². The van der Waals surface area contributed by atoms with E-state index < -0.39 is 10.0 Å². The molecule has 1 amide bonds. The molecule has 1 aliphatic heterocycles. The maximum Gasteiger partial charge on any atom is 0.243 e. The standard InChI is InChI=1S/C25H30N4O3S/c1-20-8-10-24(11-9-20)33(31,32)29-14-12-23(13-15-29)25(30)27(2)17-22-16-26-28(19-22)18-21-6-4-3-5-7-21/h3-11,16,19,23H,12-15,17-18H2,1-2H3. The van der Waals surface area contributed by atoms with Crippen molar-refractivity contribution in [1.29, 1.82) is 0 Å². The molecule has 7 nitrogen and oxygen atoms in total. The molecule has 3 aromatic rings. The first-order chi connectivity index (χ1) is 15.8. The maximum atomic E-state index is 13.0. The Bertz CT molecular complexity index is 1180. The number of carbonyl (C=O) groups excluding carboxylic acids is 1. The van der Waals surface area contributed by atoms with Gasteiger partial charge in [-0.3, -0.25) is 9.48 Å². The summed E-state index contributed by atoms with van der Waals surface area (Å²) in [7, 11) is -1.72. The van der Waals surface area contributed by atoms with Gasteiger partial charge in [0.15, 0.2) is 0 Å². The summed E-state index contributed by atoms with van der Waals surface area (Å²) in [5.74, 6) is -0.114. The summed E-state index contributed by atoms with van der Waals surface area (Å²) in [4.78, 5) is 15.0. The van der Waals surface area contributed by atoms with Crippen molar-refractivity contribution >= 4 is 15.9 Å². The Morgan fingerprint density at radius 3 is 2.36 bits per heavy atom. The Hall–Kier alpha value is -2.97. The number of rotatable bonds is 7. The number of carbonyl (C=O) groups is 1. The normalized spacial score (nSPS) is 15.5. The van der Waals surface area contributed by atoms with Crippen LogP contribution < -0.4 is 0 Å². The molecule has 2 aromatic carbocycles. The quantitative estimate of drug-likeness (QED) is 0.535. The third kappa shape index (κ3) is 5.51. The van der Waals surface area contributed by atoms with Gasteiger partial charge in [0.05, 0.1) is 17.6 Å². The predicted molar refractivity (Wildman–Crippen MR) is 127 cm³/mol. The molecule has 0 unspecified atom stereocenters. The van der Waals surface area contributed by atoms with Gasteiger partial charge in [-0.15, -0.1) is 0 Å². The van der Waals surface area contributed by atoms with Crippen molar-refractivity contribution in [1.82, 2.24) is 19.0 Å². The van der Waals surface area contributed by atoms with Crippen molar-refractivity contribution in [2.24, 2.45) is 5.92 Å². The predicted octanol–water partition coefficient (Wildman–Crippen LogP) is 3.30. The number of piperidine rings is 1. The van der Waals surface area contributed by atoms with Crippen LogP contribution in [0.15, 0.2) is 71.9 Å². The summed E-state index contributed by atoms with van der Waals surface area (Å²) in [6.07, 6.45) is 4.82. The molecule has 4 rings (SSSR count). The molecular weight excluding hydrogens is 436 g/mol. The Labute approximate surface area is 195 Å². The Morgan fingerprint density at radius 2 is 1.70 bits per heavy atom. The molecular formula is C25H30N4O3S. The molecule has 0 atom stereocenters. The average Bonchev–Trinajstić information content (AvgIpc) is 3.26. The number of amides is 1. The zero-order chi connectivity index (χ0) is 23.4. The van der Waals surface area contributed by atoms with Crippen molar-refractivity contribution in [2.45, 2.75) is 37.8 Å². The molecule has 8 heteroatoms. The molecule has 0 bridgehead atoms. The highest BCUT2D eigenvalue weighted by Gasteiger charge is 2.33. The molecule has 1 saturated heterocycles. The molecule has 33 heavy (non-hydrogen) atoms. The van der Waals surface area contributed by atoms with E-state index >= 15 is 0 Å². The molecule has 0 N–H and O–H groups in total. The second-order valence-electron chi connectivity index (χ2n) is 8.72. The highest BCUT2D eigenvalue weighted by atomic mass is 32.2. The molecule has 0 saturated carbocycles. The van der Waals surface area contributed by atoms with Gasteiger partial charge in [-0.1, -0.05) is 48.0 Å². The van der Waals surface area contributed by atoms with Crippen molar-refractivity contribution in [3.05, 3.63) is 83.7 Å². The highest BCUT2D eigenvalue weighted by molar-refractivity contribution is 7.89. The van der Waals surface area contributed by atoms with Gasteiger partial charge in [-0.05, 0) is 37.5 Å². The van der Waals surface area contributed by atoms with Gasteiger partial charge in [0.2, 0.25) is 15.9 Å². The van der Waals surface area contributed by atoms with Gasteiger partial charge < -0.3 is 4.90 Å². The summed E-state index contributed by atoms with van der Waals surface area (Å²) in [5.41, 5.74) is 3.16. The van der Waals surface area contributed by atoms with Crippen molar-refractivity contribution in [3.63, 3.8) is 0 Å². The fourth-order valence-corrected chi connectivity index (χ4v) is 5.68. The van der Waals surface area contributed by atoms with Gasteiger partial charge in [-0.25, -0.2) is 8.42 Å². The van der Waals surface area contributed by atoms with Gasteiger partial charge >= 0.3 is 0 Å². The second-order valence-corrected chi connectivity index (χ2v) is 10.7. The average molecular weight is 467 g/mol. The van der Waals surface area contributed by atoms with Crippen LogP contribution in [0.4, 0.5) is 0 Å². The minimum Gasteiger partial charge on any atom is -0.341 e. The van der Waals surface area contributed by atoms with Crippen LogP contribution in [0.3, 0.4) is 0 Å². The van der Waals surface area contributed by atoms with E-state index in [1.54, 1.807) is 42.4 Å². The number of aryl methyl sites for hydroxylation is 1. The summed E-state index contributed by atoms with van der Waals surface area (Å²) < 4.78 is 29.2. The van der Waals surface area contributed by atoms with Gasteiger partial charge in [-0.2, -0.15) is 9.40 Å². The lowest BCUT2D eigenvalue weighted by Gasteiger charge is -2.32. The molecule has 2 heterocycles. The lowest BCUT2D eigenvalue weighted by molar-refractivity contribution is -0.135. The van der Waals surface area contributed by atoms with E-state index in [1.165, 1.54) is 9.87 Å². The maximum absolute atomic E-state index is 13.0. The zero-order valence-corrected chi connectivity index (χ0v) is 19.9. The molecule has 0 radical (unpaired) electrons. The SMILES string of the molecule is Cc1ccc(S(=O)(=O)N2CCC(C(=O)N(C)Cc3cnn(Cc4ccccc4)c3)CC2)cc1. The monoisotopic (exact) mass is 466 g/mol. The smallest absolute Gasteiger partial charge is 0.243 e. The topological polar surface area (TPSA) is 75.5 Å². The highest BCUT2D eigenvalue weighted by Crippen LogP contribution is 2.25. The molecule has 174 valence electrons. The third-order valence-electron chi connectivity index (χ3n) is 6.13. The minimum atomic E-state index is -3.52. The van der Waals surface area contributed by atoms with Crippen LogP contribution in [0, 0.1) is 12.8 Å². The zero-order valence-electron chi connectivity index (χ0n) is 19.1. The van der Waals surface area contributed by atoms with Crippen LogP contribution >= 0.6 is 0 Å². The van der Waals surface area contributed by atoms with E-state index in [0.717, 1.165) is 11.1 Å². The van der Waals surface area contributed by atoms with Crippen LogP contribution in [-0.2, 0) is 27.9 Å². The van der Waals surface area contributed by atoms with E-state index in [0.29, 0.717) is 43.9 Å². The fourth-order valence-electron chi connectivity index (χ4n) is 4.21. The molecule has 0 spiro atoms. The van der Waals surface area contributed by atoms with Crippen LogP contribution in [0.1, 0.15) is 29.5 Å². The summed E-state index contributed by atoms with van der Waals surface area (Å²) >= 11 is 0. The first kappa shape index (κ1) is 23.2. The van der Waals surface area contributed by atoms with Crippen molar-refractivity contribution in [3.8, 4) is 0 Å².